The van der Waals surface area contributed by atoms with E-state index in [2.05, 4.69) is 40.2 Å². The van der Waals surface area contributed by atoms with E-state index >= 15 is 0 Å². The van der Waals surface area contributed by atoms with Crippen molar-refractivity contribution in [1.29, 1.82) is 0 Å². The molecule has 1 atom stereocenters. The summed E-state index contributed by atoms with van der Waals surface area (Å²) in [5, 5.41) is 0. The Hall–Kier alpha value is -1.12. The molecule has 0 aliphatic heterocycles. The average molecular weight is 276 g/mol. The Bertz CT molecular complexity index is 436. The Kier molecular flexibility index (Phi) is 3.75. The third-order valence-electron chi connectivity index (χ3n) is 2.60. The van der Waals surface area contributed by atoms with Crippen LogP contribution in [0.15, 0.2) is 59.1 Å². The van der Waals surface area contributed by atoms with Crippen molar-refractivity contribution in [2.24, 2.45) is 5.73 Å². The van der Waals surface area contributed by atoms with Crippen molar-refractivity contribution in [3.63, 3.8) is 0 Å². The van der Waals surface area contributed by atoms with Gasteiger partial charge in [0.25, 0.3) is 0 Å². The zero-order chi connectivity index (χ0) is 11.4. The van der Waals surface area contributed by atoms with Gasteiger partial charge in [-0.25, -0.2) is 0 Å². The summed E-state index contributed by atoms with van der Waals surface area (Å²) in [6.45, 7) is 0. The molecular formula is C14H14BrN. The monoisotopic (exact) mass is 275 g/mol. The Morgan fingerprint density at radius 1 is 0.938 bits per heavy atom. The fourth-order valence-corrected chi connectivity index (χ4v) is 1.96. The molecule has 82 valence electrons. The minimum atomic E-state index is 0.0653. The van der Waals surface area contributed by atoms with Crippen LogP contribution in [0.4, 0.5) is 0 Å². The Balaban J connectivity index is 2.09. The van der Waals surface area contributed by atoms with E-state index in [1.54, 1.807) is 0 Å². The summed E-state index contributed by atoms with van der Waals surface area (Å²) in [6, 6.07) is 18.6. The second-order valence-electron chi connectivity index (χ2n) is 3.85. The van der Waals surface area contributed by atoms with E-state index in [0.717, 1.165) is 10.9 Å². The predicted octanol–water partition coefficient (Wildman–Crippen LogP) is 3.69. The second-order valence-corrected chi connectivity index (χ2v) is 4.76. The molecule has 0 aliphatic carbocycles. The van der Waals surface area contributed by atoms with Gasteiger partial charge in [0.1, 0.15) is 0 Å². The van der Waals surface area contributed by atoms with E-state index in [-0.39, 0.29) is 6.04 Å². The third-order valence-corrected chi connectivity index (χ3v) is 3.13. The maximum absolute atomic E-state index is 6.16. The van der Waals surface area contributed by atoms with Crippen LogP contribution in [0, 0.1) is 0 Å². The lowest BCUT2D eigenvalue weighted by Crippen LogP contribution is -2.13. The number of nitrogens with two attached hydrogens (primary N) is 1. The summed E-state index contributed by atoms with van der Waals surface area (Å²) in [5.74, 6) is 0. The molecule has 2 heteroatoms. The third kappa shape index (κ3) is 2.94. The molecule has 0 unspecified atom stereocenters. The number of rotatable bonds is 3. The fraction of sp³-hybridized carbons (Fsp3) is 0.143. The molecule has 0 spiro atoms. The van der Waals surface area contributed by atoms with Gasteiger partial charge in [-0.05, 0) is 29.7 Å². The van der Waals surface area contributed by atoms with Gasteiger partial charge in [0.2, 0.25) is 0 Å². The van der Waals surface area contributed by atoms with Gasteiger partial charge in [0.15, 0.2) is 0 Å². The van der Waals surface area contributed by atoms with Crippen molar-refractivity contribution >= 4 is 15.9 Å². The first-order valence-electron chi connectivity index (χ1n) is 5.30. The Labute approximate surface area is 104 Å². The summed E-state index contributed by atoms with van der Waals surface area (Å²) in [4.78, 5) is 0. The molecule has 0 aliphatic rings. The van der Waals surface area contributed by atoms with Gasteiger partial charge in [-0.1, -0.05) is 58.4 Å². The van der Waals surface area contributed by atoms with Crippen molar-refractivity contribution in [2.75, 3.05) is 0 Å². The number of hydrogen-bond donors (Lipinski definition) is 1. The maximum Gasteiger partial charge on any atom is 0.0335 e. The van der Waals surface area contributed by atoms with Gasteiger partial charge in [-0.15, -0.1) is 0 Å². The molecule has 0 bridgehead atoms. The highest BCUT2D eigenvalue weighted by molar-refractivity contribution is 9.10. The lowest BCUT2D eigenvalue weighted by atomic mass is 10.00. The van der Waals surface area contributed by atoms with Crippen LogP contribution in [0.1, 0.15) is 17.2 Å². The van der Waals surface area contributed by atoms with Crippen molar-refractivity contribution in [1.82, 2.24) is 0 Å². The number of benzene rings is 2. The zero-order valence-corrected chi connectivity index (χ0v) is 10.5. The van der Waals surface area contributed by atoms with Gasteiger partial charge < -0.3 is 5.73 Å². The van der Waals surface area contributed by atoms with Crippen LogP contribution in [-0.4, -0.2) is 0 Å². The molecule has 16 heavy (non-hydrogen) atoms. The summed E-state index contributed by atoms with van der Waals surface area (Å²) in [7, 11) is 0. The van der Waals surface area contributed by atoms with Crippen molar-refractivity contribution in [2.45, 2.75) is 12.5 Å². The molecular weight excluding hydrogens is 262 g/mol. The normalized spacial score (nSPS) is 12.4. The highest BCUT2D eigenvalue weighted by atomic mass is 79.9. The van der Waals surface area contributed by atoms with Crippen molar-refractivity contribution in [3.05, 3.63) is 70.2 Å². The summed E-state index contributed by atoms with van der Waals surface area (Å²) < 4.78 is 1.09. The molecule has 2 rings (SSSR count). The van der Waals surface area contributed by atoms with Gasteiger partial charge in [0.05, 0.1) is 0 Å². The lowest BCUT2D eigenvalue weighted by molar-refractivity contribution is 0.722. The molecule has 2 aromatic rings. The Morgan fingerprint density at radius 2 is 1.56 bits per heavy atom. The SMILES string of the molecule is N[C@H](Cc1ccccc1)c1ccc(Br)cc1. The van der Waals surface area contributed by atoms with Crippen LogP contribution in [0.25, 0.3) is 0 Å². The molecule has 2 N–H and O–H groups in total. The van der Waals surface area contributed by atoms with Crippen LogP contribution >= 0.6 is 15.9 Å². The quantitative estimate of drug-likeness (QED) is 0.909. The molecule has 0 heterocycles. The van der Waals surface area contributed by atoms with Gasteiger partial charge in [-0.2, -0.15) is 0 Å². The smallest absolute Gasteiger partial charge is 0.0335 e. The van der Waals surface area contributed by atoms with Crippen LogP contribution in [0.3, 0.4) is 0 Å². The second kappa shape index (κ2) is 5.28. The van der Waals surface area contributed by atoms with Crippen LogP contribution in [0.5, 0.6) is 0 Å². The van der Waals surface area contributed by atoms with Gasteiger partial charge >= 0.3 is 0 Å². The van der Waals surface area contributed by atoms with Crippen molar-refractivity contribution < 1.29 is 0 Å². The fourth-order valence-electron chi connectivity index (χ4n) is 1.70. The molecule has 0 saturated carbocycles. The molecule has 0 radical (unpaired) electrons. The van der Waals surface area contributed by atoms with E-state index in [1.807, 2.05) is 30.3 Å². The summed E-state index contributed by atoms with van der Waals surface area (Å²) in [6.07, 6.45) is 0.877. The lowest BCUT2D eigenvalue weighted by Gasteiger charge is -2.12. The molecule has 0 saturated heterocycles. The zero-order valence-electron chi connectivity index (χ0n) is 8.94. The van der Waals surface area contributed by atoms with E-state index in [9.17, 15) is 0 Å². The highest BCUT2D eigenvalue weighted by Crippen LogP contribution is 2.18. The number of halogens is 1. The molecule has 0 fully saturated rings. The first-order valence-corrected chi connectivity index (χ1v) is 6.10. The molecule has 0 aromatic heterocycles. The summed E-state index contributed by atoms with van der Waals surface area (Å²) >= 11 is 3.42. The molecule has 1 nitrogen and oxygen atoms in total. The van der Waals surface area contributed by atoms with Crippen LogP contribution < -0.4 is 5.73 Å². The Morgan fingerprint density at radius 3 is 2.19 bits per heavy atom. The molecule has 0 amide bonds. The minimum absolute atomic E-state index is 0.0653. The van der Waals surface area contributed by atoms with Crippen molar-refractivity contribution in [3.8, 4) is 0 Å². The van der Waals surface area contributed by atoms with Gasteiger partial charge in [0, 0.05) is 10.5 Å². The van der Waals surface area contributed by atoms with E-state index < -0.39 is 0 Å². The topological polar surface area (TPSA) is 26.0 Å². The van der Waals surface area contributed by atoms with Crippen LogP contribution in [-0.2, 0) is 6.42 Å². The van der Waals surface area contributed by atoms with E-state index in [0.29, 0.717) is 0 Å². The van der Waals surface area contributed by atoms with E-state index in [1.165, 1.54) is 11.1 Å². The van der Waals surface area contributed by atoms with Crippen LogP contribution in [0.2, 0.25) is 0 Å². The molecule has 2 aromatic carbocycles. The van der Waals surface area contributed by atoms with Gasteiger partial charge in [-0.3, -0.25) is 0 Å². The number of hydrogen-bond acceptors (Lipinski definition) is 1. The summed E-state index contributed by atoms with van der Waals surface area (Å²) in [5.41, 5.74) is 8.61. The standard InChI is InChI=1S/C14H14BrN/c15-13-8-6-12(7-9-13)14(16)10-11-4-2-1-3-5-11/h1-9,14H,10,16H2/t14-/m1/s1. The average Bonchev–Trinajstić information content (AvgIpc) is 2.31. The van der Waals surface area contributed by atoms with E-state index in [4.69, 9.17) is 5.73 Å². The maximum atomic E-state index is 6.16. The first kappa shape index (κ1) is 11.4. The highest BCUT2D eigenvalue weighted by Gasteiger charge is 2.06. The minimum Gasteiger partial charge on any atom is -0.324 e. The largest absolute Gasteiger partial charge is 0.324 e. The first-order chi connectivity index (χ1) is 7.75. The predicted molar refractivity (Wildman–Crippen MR) is 71.2 cm³/mol.